The van der Waals surface area contributed by atoms with E-state index >= 15 is 0 Å². The maximum atomic E-state index is 13.0. The van der Waals surface area contributed by atoms with Gasteiger partial charge in [-0.2, -0.15) is 5.10 Å². The van der Waals surface area contributed by atoms with Gasteiger partial charge in [0.05, 0.1) is 19.3 Å². The second-order valence-electron chi connectivity index (χ2n) is 7.98. The number of carbonyl (C=O) groups is 1. The van der Waals surface area contributed by atoms with Crippen molar-refractivity contribution in [1.29, 1.82) is 0 Å². The van der Waals surface area contributed by atoms with Crippen molar-refractivity contribution in [1.82, 2.24) is 9.78 Å². The Kier molecular flexibility index (Phi) is 4.79. The van der Waals surface area contributed by atoms with Crippen LogP contribution in [0.25, 0.3) is 0 Å². The smallest absolute Gasteiger partial charge is 0.354 e. The summed E-state index contributed by atoms with van der Waals surface area (Å²) < 4.78 is 29.3. The minimum Gasteiger partial charge on any atom is -0.475 e. The number of benzene rings is 1. The highest BCUT2D eigenvalue weighted by Gasteiger charge is 2.31. The van der Waals surface area contributed by atoms with Gasteiger partial charge < -0.3 is 14.8 Å². The largest absolute Gasteiger partial charge is 0.475 e. The summed E-state index contributed by atoms with van der Waals surface area (Å²) in [6.07, 6.45) is 6.27. The SMILES string of the molecule is COCC1CCc2cc3c(c(NC(=O)N=S(N)(=O)c4cnn5c4OCC5)c21)CCC3. The molecule has 2 unspecified atom stereocenters. The molecule has 0 bridgehead atoms. The number of carbonyl (C=O) groups excluding carboxylic acids is 1. The van der Waals surface area contributed by atoms with E-state index in [0.717, 1.165) is 48.9 Å². The van der Waals surface area contributed by atoms with Crippen molar-refractivity contribution in [3.05, 3.63) is 34.5 Å². The molecule has 1 aromatic carbocycles. The summed E-state index contributed by atoms with van der Waals surface area (Å²) in [7, 11) is -1.79. The van der Waals surface area contributed by atoms with Gasteiger partial charge in [0.1, 0.15) is 11.5 Å². The van der Waals surface area contributed by atoms with Gasteiger partial charge in [0.2, 0.25) is 5.88 Å². The number of methoxy groups -OCH3 is 1. The van der Waals surface area contributed by atoms with Crippen molar-refractivity contribution in [3.8, 4) is 5.88 Å². The zero-order chi connectivity index (χ0) is 20.9. The number of amides is 2. The van der Waals surface area contributed by atoms with Gasteiger partial charge in [-0.3, -0.25) is 0 Å². The van der Waals surface area contributed by atoms with Crippen LogP contribution in [0.3, 0.4) is 0 Å². The van der Waals surface area contributed by atoms with Crippen LogP contribution in [0.5, 0.6) is 5.88 Å². The zero-order valence-corrected chi connectivity index (χ0v) is 17.7. The van der Waals surface area contributed by atoms with Crippen LogP contribution in [0.15, 0.2) is 21.5 Å². The predicted octanol–water partition coefficient (Wildman–Crippen LogP) is 2.37. The second-order valence-corrected chi connectivity index (χ2v) is 9.74. The number of fused-ring (bicyclic) bond motifs is 3. The highest BCUT2D eigenvalue weighted by atomic mass is 32.2. The van der Waals surface area contributed by atoms with Crippen LogP contribution >= 0.6 is 0 Å². The molecular formula is C20H25N5O4S. The van der Waals surface area contributed by atoms with Gasteiger partial charge in [-0.15, -0.1) is 4.36 Å². The van der Waals surface area contributed by atoms with Gasteiger partial charge >= 0.3 is 6.03 Å². The average Bonchev–Trinajstić information content (AvgIpc) is 3.45. The lowest BCUT2D eigenvalue weighted by atomic mass is 9.94. The van der Waals surface area contributed by atoms with Crippen molar-refractivity contribution in [2.75, 3.05) is 25.6 Å². The first-order valence-electron chi connectivity index (χ1n) is 10.2. The molecule has 3 N–H and O–H groups in total. The number of ether oxygens (including phenoxy) is 2. The fourth-order valence-corrected chi connectivity index (χ4v) is 5.88. The number of hydrogen-bond acceptors (Lipinski definition) is 5. The Morgan fingerprint density at radius 3 is 3.13 bits per heavy atom. The average molecular weight is 432 g/mol. The maximum Gasteiger partial charge on any atom is 0.354 e. The molecule has 9 nitrogen and oxygen atoms in total. The number of nitrogens with two attached hydrogens (primary N) is 1. The van der Waals surface area contributed by atoms with Crippen LogP contribution in [0.4, 0.5) is 10.5 Å². The predicted molar refractivity (Wildman–Crippen MR) is 111 cm³/mol. The van der Waals surface area contributed by atoms with Crippen molar-refractivity contribution >= 4 is 21.6 Å². The second kappa shape index (κ2) is 7.36. The molecule has 160 valence electrons. The van der Waals surface area contributed by atoms with E-state index in [-0.39, 0.29) is 10.8 Å². The molecule has 2 atom stereocenters. The van der Waals surface area contributed by atoms with Gasteiger partial charge in [-0.25, -0.2) is 18.8 Å². The first kappa shape index (κ1) is 19.5. The van der Waals surface area contributed by atoms with E-state index in [2.05, 4.69) is 20.8 Å². The molecule has 0 fully saturated rings. The summed E-state index contributed by atoms with van der Waals surface area (Å²) in [5.74, 6) is 0.543. The summed E-state index contributed by atoms with van der Waals surface area (Å²) in [5.41, 5.74) is 5.61. The van der Waals surface area contributed by atoms with Crippen molar-refractivity contribution < 1.29 is 18.5 Å². The van der Waals surface area contributed by atoms with Crippen molar-refractivity contribution in [3.63, 3.8) is 0 Å². The molecule has 0 saturated heterocycles. The highest BCUT2D eigenvalue weighted by Crippen LogP contribution is 2.44. The van der Waals surface area contributed by atoms with Crippen LogP contribution in [-0.4, -0.2) is 40.3 Å². The normalized spacial score (nSPS) is 20.8. The first-order valence-corrected chi connectivity index (χ1v) is 11.8. The quantitative estimate of drug-likeness (QED) is 0.770. The monoisotopic (exact) mass is 431 g/mol. The van der Waals surface area contributed by atoms with E-state index in [9.17, 15) is 9.00 Å². The summed E-state index contributed by atoms with van der Waals surface area (Å²) in [5, 5.41) is 13.0. The van der Waals surface area contributed by atoms with Gasteiger partial charge in [-0.05, 0) is 54.4 Å². The number of nitrogens with one attached hydrogen (secondary N) is 1. The number of nitrogens with zero attached hydrogens (tertiary/aromatic N) is 3. The van der Waals surface area contributed by atoms with Crippen LogP contribution in [0, 0.1) is 0 Å². The van der Waals surface area contributed by atoms with Crippen molar-refractivity contribution in [2.45, 2.75) is 49.5 Å². The van der Waals surface area contributed by atoms with Gasteiger partial charge in [-0.1, -0.05) is 6.07 Å². The lowest BCUT2D eigenvalue weighted by Crippen LogP contribution is -2.19. The molecule has 2 heterocycles. The summed E-state index contributed by atoms with van der Waals surface area (Å²) in [6.45, 7) is 1.58. The topological polar surface area (TPSA) is 121 Å². The molecule has 10 heteroatoms. The third kappa shape index (κ3) is 3.19. The molecular weight excluding hydrogens is 406 g/mol. The van der Waals surface area contributed by atoms with Crippen LogP contribution in [0.2, 0.25) is 0 Å². The summed E-state index contributed by atoms with van der Waals surface area (Å²) in [6, 6.07) is 1.56. The minimum absolute atomic E-state index is 0.149. The Hall–Kier alpha value is -2.43. The number of urea groups is 1. The third-order valence-electron chi connectivity index (χ3n) is 6.13. The lowest BCUT2D eigenvalue weighted by Gasteiger charge is -2.19. The Balaban J connectivity index is 1.51. The van der Waals surface area contributed by atoms with Crippen LogP contribution in [-0.2, 0) is 40.5 Å². The van der Waals surface area contributed by atoms with Crippen LogP contribution in [0.1, 0.15) is 41.0 Å². The zero-order valence-electron chi connectivity index (χ0n) is 16.8. The lowest BCUT2D eigenvalue weighted by molar-refractivity contribution is 0.179. The molecule has 0 spiro atoms. The van der Waals surface area contributed by atoms with Gasteiger partial charge in [0.15, 0.2) is 9.92 Å². The molecule has 1 aromatic heterocycles. The molecule has 0 saturated carbocycles. The molecule has 5 rings (SSSR count). The Morgan fingerprint density at radius 1 is 1.43 bits per heavy atom. The molecule has 30 heavy (non-hydrogen) atoms. The number of aromatic nitrogens is 2. The van der Waals surface area contributed by atoms with E-state index in [1.165, 1.54) is 17.3 Å². The molecule has 3 aliphatic rings. The highest BCUT2D eigenvalue weighted by molar-refractivity contribution is 7.91. The van der Waals surface area contributed by atoms with Gasteiger partial charge in [0, 0.05) is 18.7 Å². The molecule has 0 radical (unpaired) electrons. The first-order chi connectivity index (χ1) is 14.5. The molecule has 1 aliphatic heterocycles. The molecule has 2 aliphatic carbocycles. The summed E-state index contributed by atoms with van der Waals surface area (Å²) in [4.78, 5) is 13.0. The summed E-state index contributed by atoms with van der Waals surface area (Å²) >= 11 is 0. The van der Waals surface area contributed by atoms with Gasteiger partial charge in [0.25, 0.3) is 0 Å². The number of rotatable bonds is 4. The standard InChI is InChI=1S/C20H25N5O4S/c1-28-11-14-6-5-13-9-12-3-2-4-15(12)18(17(13)14)23-20(26)24-30(21,27)16-10-22-25-7-8-29-19(16)25/h9-10,14H,2-8,11H2,1H3,(H3,21,23,24,26,27). The fourth-order valence-electron chi connectivity index (χ4n) is 4.87. The Labute approximate surface area is 175 Å². The molecule has 2 aromatic rings. The Bertz CT molecular complexity index is 1150. The number of anilines is 1. The molecule has 2 amide bonds. The van der Waals surface area contributed by atoms with E-state index in [1.54, 1.807) is 11.8 Å². The maximum absolute atomic E-state index is 13.0. The Morgan fingerprint density at radius 2 is 2.30 bits per heavy atom. The van der Waals surface area contributed by atoms with E-state index in [0.29, 0.717) is 25.6 Å². The minimum atomic E-state index is -3.48. The number of hydrogen-bond donors (Lipinski definition) is 2. The fraction of sp³-hybridized carbons (Fsp3) is 0.500. The van der Waals surface area contributed by atoms with E-state index < -0.39 is 15.9 Å². The van der Waals surface area contributed by atoms with E-state index in [1.807, 2.05) is 0 Å². The van der Waals surface area contributed by atoms with E-state index in [4.69, 9.17) is 14.6 Å². The van der Waals surface area contributed by atoms with Crippen molar-refractivity contribution in [2.24, 2.45) is 9.50 Å². The van der Waals surface area contributed by atoms with Crippen LogP contribution < -0.4 is 15.2 Å². The number of aryl methyl sites for hydroxylation is 2. The third-order valence-corrected chi connectivity index (χ3v) is 7.48.